The predicted octanol–water partition coefficient (Wildman–Crippen LogP) is 1.42. The zero-order valence-electron chi connectivity index (χ0n) is 14.7. The molecule has 0 unspecified atom stereocenters. The molecule has 2 aromatic rings. The minimum Gasteiger partial charge on any atom is -0.493 e. The maximum absolute atomic E-state index is 11.4. The standard InChI is InChI=1S/C17H22N4O4/c1-12(22)21-8-6-20(7-9-21)11-16-18-17(19-25-16)13-4-5-14(23-2)15(10-13)24-3/h4-5,10H,6-9,11H2,1-3H3. The highest BCUT2D eigenvalue weighted by Crippen LogP contribution is 2.31. The van der Waals surface area contributed by atoms with E-state index in [0.717, 1.165) is 31.7 Å². The minimum atomic E-state index is 0.119. The lowest BCUT2D eigenvalue weighted by atomic mass is 10.2. The minimum absolute atomic E-state index is 0.119. The fourth-order valence-corrected chi connectivity index (χ4v) is 2.82. The van der Waals surface area contributed by atoms with Crippen molar-refractivity contribution in [3.8, 4) is 22.9 Å². The summed E-state index contributed by atoms with van der Waals surface area (Å²) in [7, 11) is 3.18. The van der Waals surface area contributed by atoms with E-state index in [0.29, 0.717) is 29.8 Å². The second kappa shape index (κ2) is 7.52. The molecule has 0 aliphatic carbocycles. The molecule has 1 aliphatic heterocycles. The molecule has 0 atom stereocenters. The Labute approximate surface area is 146 Å². The van der Waals surface area contributed by atoms with Crippen LogP contribution in [0.3, 0.4) is 0 Å². The SMILES string of the molecule is COc1ccc(-c2noc(CN3CCN(C(C)=O)CC3)n2)cc1OC. The topological polar surface area (TPSA) is 80.9 Å². The van der Waals surface area contributed by atoms with Crippen LogP contribution in [0.2, 0.25) is 0 Å². The van der Waals surface area contributed by atoms with Crippen molar-refractivity contribution in [3.63, 3.8) is 0 Å². The van der Waals surface area contributed by atoms with E-state index in [2.05, 4.69) is 15.0 Å². The molecule has 0 spiro atoms. The van der Waals surface area contributed by atoms with Crippen molar-refractivity contribution in [2.75, 3.05) is 40.4 Å². The summed E-state index contributed by atoms with van der Waals surface area (Å²) in [5, 5.41) is 4.05. The largest absolute Gasteiger partial charge is 0.493 e. The number of methoxy groups -OCH3 is 2. The first-order valence-corrected chi connectivity index (χ1v) is 8.13. The van der Waals surface area contributed by atoms with Crippen LogP contribution in [0, 0.1) is 0 Å². The van der Waals surface area contributed by atoms with E-state index in [1.807, 2.05) is 23.1 Å². The van der Waals surface area contributed by atoms with Gasteiger partial charge in [0.15, 0.2) is 11.5 Å². The summed E-state index contributed by atoms with van der Waals surface area (Å²) < 4.78 is 15.9. The van der Waals surface area contributed by atoms with Crippen molar-refractivity contribution in [2.24, 2.45) is 0 Å². The van der Waals surface area contributed by atoms with Gasteiger partial charge < -0.3 is 18.9 Å². The summed E-state index contributed by atoms with van der Waals surface area (Å²) >= 11 is 0. The van der Waals surface area contributed by atoms with Crippen LogP contribution in [0.15, 0.2) is 22.7 Å². The van der Waals surface area contributed by atoms with Gasteiger partial charge in [0.1, 0.15) is 0 Å². The van der Waals surface area contributed by atoms with Gasteiger partial charge in [-0.1, -0.05) is 5.16 Å². The van der Waals surface area contributed by atoms with Crippen LogP contribution in [-0.2, 0) is 11.3 Å². The third-order valence-electron chi connectivity index (χ3n) is 4.29. The number of piperazine rings is 1. The molecule has 0 bridgehead atoms. The van der Waals surface area contributed by atoms with Crippen molar-refractivity contribution in [1.29, 1.82) is 0 Å². The number of carbonyl (C=O) groups excluding carboxylic acids is 1. The first-order chi connectivity index (χ1) is 12.1. The number of ether oxygens (including phenoxy) is 2. The molecule has 8 heteroatoms. The van der Waals surface area contributed by atoms with E-state index < -0.39 is 0 Å². The van der Waals surface area contributed by atoms with Gasteiger partial charge in [0.05, 0.1) is 20.8 Å². The number of carbonyl (C=O) groups is 1. The quantitative estimate of drug-likeness (QED) is 0.810. The molecule has 0 saturated carbocycles. The number of hydrogen-bond donors (Lipinski definition) is 0. The van der Waals surface area contributed by atoms with Crippen LogP contribution in [0.25, 0.3) is 11.4 Å². The van der Waals surface area contributed by atoms with Crippen molar-refractivity contribution in [3.05, 3.63) is 24.1 Å². The Morgan fingerprint density at radius 2 is 1.88 bits per heavy atom. The van der Waals surface area contributed by atoms with Gasteiger partial charge in [0, 0.05) is 38.7 Å². The molecule has 3 rings (SSSR count). The van der Waals surface area contributed by atoms with Gasteiger partial charge in [-0.05, 0) is 18.2 Å². The maximum Gasteiger partial charge on any atom is 0.241 e. The van der Waals surface area contributed by atoms with E-state index >= 15 is 0 Å². The van der Waals surface area contributed by atoms with Crippen molar-refractivity contribution in [2.45, 2.75) is 13.5 Å². The predicted molar refractivity (Wildman–Crippen MR) is 90.4 cm³/mol. The lowest BCUT2D eigenvalue weighted by Gasteiger charge is -2.33. The summed E-state index contributed by atoms with van der Waals surface area (Å²) in [6, 6.07) is 5.49. The van der Waals surface area contributed by atoms with Gasteiger partial charge in [0.25, 0.3) is 0 Å². The maximum atomic E-state index is 11.4. The summed E-state index contributed by atoms with van der Waals surface area (Å²) in [6.07, 6.45) is 0. The average molecular weight is 346 g/mol. The molecule has 2 heterocycles. The van der Waals surface area contributed by atoms with Gasteiger partial charge in [-0.25, -0.2) is 0 Å². The van der Waals surface area contributed by atoms with Crippen LogP contribution in [0.4, 0.5) is 0 Å². The summed E-state index contributed by atoms with van der Waals surface area (Å²) in [5.74, 6) is 2.46. The molecule has 0 radical (unpaired) electrons. The lowest BCUT2D eigenvalue weighted by molar-refractivity contribution is -0.130. The molecule has 1 fully saturated rings. The highest BCUT2D eigenvalue weighted by Gasteiger charge is 2.21. The first kappa shape index (κ1) is 17.2. The third-order valence-corrected chi connectivity index (χ3v) is 4.29. The zero-order chi connectivity index (χ0) is 17.8. The molecule has 25 heavy (non-hydrogen) atoms. The van der Waals surface area contributed by atoms with Gasteiger partial charge >= 0.3 is 0 Å². The van der Waals surface area contributed by atoms with E-state index in [-0.39, 0.29) is 5.91 Å². The Kier molecular flexibility index (Phi) is 5.18. The third kappa shape index (κ3) is 3.90. The number of nitrogens with zero attached hydrogens (tertiary/aromatic N) is 4. The molecule has 1 aromatic carbocycles. The van der Waals surface area contributed by atoms with E-state index in [1.165, 1.54) is 0 Å². The Balaban J connectivity index is 1.66. The van der Waals surface area contributed by atoms with Crippen LogP contribution >= 0.6 is 0 Å². The van der Waals surface area contributed by atoms with Crippen LogP contribution < -0.4 is 9.47 Å². The monoisotopic (exact) mass is 346 g/mol. The summed E-state index contributed by atoms with van der Waals surface area (Å²) in [6.45, 7) is 5.23. The van der Waals surface area contributed by atoms with Gasteiger partial charge in [-0.3, -0.25) is 9.69 Å². The highest BCUT2D eigenvalue weighted by molar-refractivity contribution is 5.73. The second-order valence-corrected chi connectivity index (χ2v) is 5.86. The molecule has 0 N–H and O–H groups in total. The number of hydrogen-bond acceptors (Lipinski definition) is 7. The fraction of sp³-hybridized carbons (Fsp3) is 0.471. The van der Waals surface area contributed by atoms with Gasteiger partial charge in [-0.15, -0.1) is 0 Å². The Hall–Kier alpha value is -2.61. The van der Waals surface area contributed by atoms with Gasteiger partial charge in [-0.2, -0.15) is 4.98 Å². The van der Waals surface area contributed by atoms with Crippen LogP contribution in [-0.4, -0.2) is 66.2 Å². The number of aromatic nitrogens is 2. The van der Waals surface area contributed by atoms with Crippen molar-refractivity contribution >= 4 is 5.91 Å². The Morgan fingerprint density at radius 1 is 1.16 bits per heavy atom. The van der Waals surface area contributed by atoms with Crippen LogP contribution in [0.5, 0.6) is 11.5 Å². The van der Waals surface area contributed by atoms with E-state index in [9.17, 15) is 4.79 Å². The molecular formula is C17H22N4O4. The summed E-state index contributed by atoms with van der Waals surface area (Å²) in [4.78, 5) is 19.9. The second-order valence-electron chi connectivity index (χ2n) is 5.86. The normalized spacial score (nSPS) is 15.2. The first-order valence-electron chi connectivity index (χ1n) is 8.13. The summed E-state index contributed by atoms with van der Waals surface area (Å²) in [5.41, 5.74) is 0.800. The van der Waals surface area contributed by atoms with Crippen molar-refractivity contribution < 1.29 is 18.8 Å². The number of amides is 1. The fourth-order valence-electron chi connectivity index (χ4n) is 2.82. The number of benzene rings is 1. The van der Waals surface area contributed by atoms with Crippen LogP contribution in [0.1, 0.15) is 12.8 Å². The smallest absolute Gasteiger partial charge is 0.241 e. The molecule has 8 nitrogen and oxygen atoms in total. The highest BCUT2D eigenvalue weighted by atomic mass is 16.5. The van der Waals surface area contributed by atoms with E-state index in [1.54, 1.807) is 21.1 Å². The molecule has 1 amide bonds. The molecule has 1 aromatic heterocycles. The molecule has 1 aliphatic rings. The van der Waals surface area contributed by atoms with Crippen molar-refractivity contribution in [1.82, 2.24) is 19.9 Å². The number of rotatable bonds is 5. The molecular weight excluding hydrogens is 324 g/mol. The Bertz CT molecular complexity index is 738. The van der Waals surface area contributed by atoms with Gasteiger partial charge in [0.2, 0.25) is 17.6 Å². The molecule has 134 valence electrons. The Morgan fingerprint density at radius 3 is 2.52 bits per heavy atom. The van der Waals surface area contributed by atoms with E-state index in [4.69, 9.17) is 14.0 Å². The molecule has 1 saturated heterocycles. The average Bonchev–Trinajstić information content (AvgIpc) is 3.10. The lowest BCUT2D eigenvalue weighted by Crippen LogP contribution is -2.47. The zero-order valence-corrected chi connectivity index (χ0v) is 14.7.